The molecule has 0 aliphatic carbocycles. The second-order valence-electron chi connectivity index (χ2n) is 5.15. The average Bonchev–Trinajstić information content (AvgIpc) is 2.69. The van der Waals surface area contributed by atoms with Crippen molar-refractivity contribution in [3.8, 4) is 0 Å². The SMILES string of the molecule is COC1CC(O)CCN(S(=O)(=O)c2ccc([N+](=O)[O-])cc2)C1. The van der Waals surface area contributed by atoms with Crippen molar-refractivity contribution in [2.24, 2.45) is 0 Å². The van der Waals surface area contributed by atoms with Crippen LogP contribution in [0.15, 0.2) is 29.2 Å². The van der Waals surface area contributed by atoms with E-state index in [9.17, 15) is 23.6 Å². The van der Waals surface area contributed by atoms with E-state index in [-0.39, 0.29) is 29.8 Å². The van der Waals surface area contributed by atoms with Crippen molar-refractivity contribution >= 4 is 15.7 Å². The minimum atomic E-state index is -3.77. The minimum absolute atomic E-state index is 0.00987. The van der Waals surface area contributed by atoms with Crippen LogP contribution in [0.5, 0.6) is 0 Å². The topological polar surface area (TPSA) is 110 Å². The number of ether oxygens (including phenoxy) is 1. The number of nitrogens with zero attached hydrogens (tertiary/aromatic N) is 2. The number of nitro groups is 1. The summed E-state index contributed by atoms with van der Waals surface area (Å²) in [5.74, 6) is 0. The van der Waals surface area contributed by atoms with Crippen LogP contribution in [0, 0.1) is 10.1 Å². The Balaban J connectivity index is 2.26. The summed E-state index contributed by atoms with van der Waals surface area (Å²) in [6.45, 7) is 0.327. The predicted octanol–water partition coefficient (Wildman–Crippen LogP) is 0.755. The number of methoxy groups -OCH3 is 1. The van der Waals surface area contributed by atoms with Gasteiger partial charge in [-0.25, -0.2) is 8.42 Å². The lowest BCUT2D eigenvalue weighted by molar-refractivity contribution is -0.384. The minimum Gasteiger partial charge on any atom is -0.393 e. The molecule has 8 nitrogen and oxygen atoms in total. The number of aliphatic hydroxyl groups excluding tert-OH is 1. The molecular weight excluding hydrogens is 312 g/mol. The summed E-state index contributed by atoms with van der Waals surface area (Å²) in [4.78, 5) is 10.0. The average molecular weight is 330 g/mol. The predicted molar refractivity (Wildman–Crippen MR) is 77.9 cm³/mol. The molecule has 22 heavy (non-hydrogen) atoms. The monoisotopic (exact) mass is 330 g/mol. The molecule has 0 saturated carbocycles. The Morgan fingerprint density at radius 3 is 2.55 bits per heavy atom. The molecule has 1 aliphatic rings. The molecule has 9 heteroatoms. The summed E-state index contributed by atoms with van der Waals surface area (Å²) >= 11 is 0. The zero-order valence-electron chi connectivity index (χ0n) is 12.1. The van der Waals surface area contributed by atoms with Crippen LogP contribution >= 0.6 is 0 Å². The molecule has 0 spiro atoms. The molecule has 1 aliphatic heterocycles. The highest BCUT2D eigenvalue weighted by Crippen LogP contribution is 2.23. The Labute approximate surface area is 128 Å². The van der Waals surface area contributed by atoms with Gasteiger partial charge in [0.25, 0.3) is 5.69 Å². The third kappa shape index (κ3) is 3.61. The summed E-state index contributed by atoms with van der Waals surface area (Å²) in [5, 5.41) is 20.4. The third-order valence-corrected chi connectivity index (χ3v) is 5.55. The van der Waals surface area contributed by atoms with E-state index < -0.39 is 21.1 Å². The number of hydrogen-bond acceptors (Lipinski definition) is 6. The lowest BCUT2D eigenvalue weighted by Gasteiger charge is -2.23. The summed E-state index contributed by atoms with van der Waals surface area (Å²) < 4.78 is 31.7. The van der Waals surface area contributed by atoms with Crippen molar-refractivity contribution in [3.63, 3.8) is 0 Å². The number of non-ortho nitro benzene ring substituents is 1. The van der Waals surface area contributed by atoms with Gasteiger partial charge in [-0.05, 0) is 18.6 Å². The first kappa shape index (κ1) is 16.8. The maximum atomic E-state index is 12.6. The molecule has 2 rings (SSSR count). The number of aliphatic hydroxyl groups is 1. The highest BCUT2D eigenvalue weighted by molar-refractivity contribution is 7.89. The first-order valence-electron chi connectivity index (χ1n) is 6.80. The van der Waals surface area contributed by atoms with Gasteiger partial charge < -0.3 is 9.84 Å². The zero-order chi connectivity index (χ0) is 16.3. The highest BCUT2D eigenvalue weighted by atomic mass is 32.2. The fourth-order valence-corrected chi connectivity index (χ4v) is 3.87. The molecule has 0 amide bonds. The van der Waals surface area contributed by atoms with Crippen molar-refractivity contribution in [2.75, 3.05) is 20.2 Å². The molecule has 0 bridgehead atoms. The van der Waals surface area contributed by atoms with Gasteiger partial charge in [0.15, 0.2) is 0 Å². The van der Waals surface area contributed by atoms with Gasteiger partial charge in [0.1, 0.15) is 0 Å². The van der Waals surface area contributed by atoms with E-state index in [4.69, 9.17) is 4.74 Å². The molecule has 2 atom stereocenters. The van der Waals surface area contributed by atoms with E-state index in [2.05, 4.69) is 0 Å². The maximum absolute atomic E-state index is 12.6. The lowest BCUT2D eigenvalue weighted by Crippen LogP contribution is -2.37. The first-order valence-corrected chi connectivity index (χ1v) is 8.24. The highest BCUT2D eigenvalue weighted by Gasteiger charge is 2.31. The van der Waals surface area contributed by atoms with E-state index >= 15 is 0 Å². The molecule has 0 radical (unpaired) electrons. The Hall–Kier alpha value is -1.55. The second-order valence-corrected chi connectivity index (χ2v) is 7.09. The van der Waals surface area contributed by atoms with Gasteiger partial charge >= 0.3 is 0 Å². The van der Waals surface area contributed by atoms with Gasteiger partial charge in [-0.3, -0.25) is 10.1 Å². The van der Waals surface area contributed by atoms with Crippen LogP contribution in [0.3, 0.4) is 0 Å². The number of nitro benzene ring substituents is 1. The van der Waals surface area contributed by atoms with Crippen molar-refractivity contribution in [2.45, 2.75) is 29.9 Å². The maximum Gasteiger partial charge on any atom is 0.269 e. The van der Waals surface area contributed by atoms with Gasteiger partial charge in [-0.1, -0.05) is 0 Å². The molecule has 1 aromatic carbocycles. The van der Waals surface area contributed by atoms with Crippen molar-refractivity contribution < 1.29 is 23.2 Å². The van der Waals surface area contributed by atoms with Crippen LogP contribution in [-0.4, -0.2) is 55.2 Å². The Bertz CT molecular complexity index is 630. The van der Waals surface area contributed by atoms with E-state index in [0.29, 0.717) is 12.8 Å². The van der Waals surface area contributed by atoms with Crippen LogP contribution in [0.25, 0.3) is 0 Å². The largest absolute Gasteiger partial charge is 0.393 e. The molecule has 0 aromatic heterocycles. The van der Waals surface area contributed by atoms with Crippen molar-refractivity contribution in [1.82, 2.24) is 4.31 Å². The van der Waals surface area contributed by atoms with Crippen molar-refractivity contribution in [3.05, 3.63) is 34.4 Å². The molecule has 1 fully saturated rings. The summed E-state index contributed by atoms with van der Waals surface area (Å²) in [7, 11) is -2.30. The Kier molecular flexibility index (Phi) is 5.12. The van der Waals surface area contributed by atoms with Gasteiger partial charge in [0, 0.05) is 38.8 Å². The smallest absolute Gasteiger partial charge is 0.269 e. The Morgan fingerprint density at radius 2 is 2.00 bits per heavy atom. The van der Waals surface area contributed by atoms with E-state index in [1.54, 1.807) is 0 Å². The zero-order valence-corrected chi connectivity index (χ0v) is 12.9. The van der Waals surface area contributed by atoms with Gasteiger partial charge in [0.05, 0.1) is 22.0 Å². The summed E-state index contributed by atoms with van der Waals surface area (Å²) in [5.41, 5.74) is -0.167. The van der Waals surface area contributed by atoms with Crippen LogP contribution in [0.2, 0.25) is 0 Å². The molecule has 122 valence electrons. The van der Waals surface area contributed by atoms with Crippen LogP contribution < -0.4 is 0 Å². The normalized spacial score (nSPS) is 23.9. The fraction of sp³-hybridized carbons (Fsp3) is 0.538. The van der Waals surface area contributed by atoms with Gasteiger partial charge in [-0.15, -0.1) is 0 Å². The molecule has 1 heterocycles. The molecule has 1 aromatic rings. The lowest BCUT2D eigenvalue weighted by atomic mass is 10.1. The fourth-order valence-electron chi connectivity index (χ4n) is 2.39. The van der Waals surface area contributed by atoms with Crippen LogP contribution in [-0.2, 0) is 14.8 Å². The first-order chi connectivity index (χ1) is 10.3. The Morgan fingerprint density at radius 1 is 1.36 bits per heavy atom. The van der Waals surface area contributed by atoms with Crippen LogP contribution in [0.4, 0.5) is 5.69 Å². The standard InChI is InChI=1S/C13H18N2O6S/c1-21-12-8-11(16)6-7-14(9-12)22(19,20)13-4-2-10(3-5-13)15(17)18/h2-5,11-12,16H,6-9H2,1H3. The van der Waals surface area contributed by atoms with Gasteiger partial charge in [-0.2, -0.15) is 4.31 Å². The van der Waals surface area contributed by atoms with Crippen molar-refractivity contribution in [1.29, 1.82) is 0 Å². The molecular formula is C13H18N2O6S. The van der Waals surface area contributed by atoms with Crippen LogP contribution in [0.1, 0.15) is 12.8 Å². The number of benzene rings is 1. The van der Waals surface area contributed by atoms with Gasteiger partial charge in [0.2, 0.25) is 10.0 Å². The second kappa shape index (κ2) is 6.69. The van der Waals surface area contributed by atoms with E-state index in [0.717, 1.165) is 12.1 Å². The summed E-state index contributed by atoms with van der Waals surface area (Å²) in [6, 6.07) is 4.76. The summed E-state index contributed by atoms with van der Waals surface area (Å²) in [6.07, 6.45) is -0.290. The number of sulfonamides is 1. The number of rotatable bonds is 4. The molecule has 1 N–H and O–H groups in total. The third-order valence-electron chi connectivity index (χ3n) is 3.67. The molecule has 1 saturated heterocycles. The van der Waals surface area contributed by atoms with E-state index in [1.807, 2.05) is 0 Å². The quantitative estimate of drug-likeness (QED) is 0.644. The molecule has 2 unspecified atom stereocenters. The van der Waals surface area contributed by atoms with E-state index in [1.165, 1.54) is 23.5 Å². The number of hydrogen-bond donors (Lipinski definition) is 1.